The molecule has 1 aliphatic heterocycles. The third kappa shape index (κ3) is 5.10. The van der Waals surface area contributed by atoms with Crippen LogP contribution in [0.1, 0.15) is 34.3 Å². The SMILES string of the molecule is COC(=O)c1ccc(NC(=O)N(Cc2ccccc2)C[C@H]2CCCO2)c(C)c1. The van der Waals surface area contributed by atoms with Crippen molar-refractivity contribution in [1.29, 1.82) is 0 Å². The molecule has 0 radical (unpaired) electrons. The standard InChI is InChI=1S/C22H26N2O4/c1-16-13-18(21(25)27-2)10-11-20(16)23-22(26)24(15-19-9-6-12-28-19)14-17-7-4-3-5-8-17/h3-5,7-8,10-11,13,19H,6,9,12,14-15H2,1-2H3,(H,23,26)/t19-/m1/s1. The van der Waals surface area contributed by atoms with Crippen molar-refractivity contribution in [1.82, 2.24) is 4.90 Å². The van der Waals surface area contributed by atoms with Crippen molar-refractivity contribution in [3.05, 3.63) is 65.2 Å². The van der Waals surface area contributed by atoms with Gasteiger partial charge in [0.25, 0.3) is 0 Å². The third-order valence-corrected chi connectivity index (χ3v) is 4.84. The van der Waals surface area contributed by atoms with Crippen LogP contribution in [0.5, 0.6) is 0 Å². The number of carbonyl (C=O) groups excluding carboxylic acids is 2. The van der Waals surface area contributed by atoms with Gasteiger partial charge >= 0.3 is 12.0 Å². The van der Waals surface area contributed by atoms with Crippen LogP contribution < -0.4 is 5.32 Å². The second-order valence-corrected chi connectivity index (χ2v) is 6.95. The molecule has 148 valence electrons. The highest BCUT2D eigenvalue weighted by Crippen LogP contribution is 2.20. The number of methoxy groups -OCH3 is 1. The third-order valence-electron chi connectivity index (χ3n) is 4.84. The van der Waals surface area contributed by atoms with E-state index in [2.05, 4.69) is 5.32 Å². The van der Waals surface area contributed by atoms with E-state index < -0.39 is 5.97 Å². The van der Waals surface area contributed by atoms with E-state index >= 15 is 0 Å². The molecule has 1 aliphatic rings. The van der Waals surface area contributed by atoms with E-state index in [0.717, 1.165) is 30.6 Å². The quantitative estimate of drug-likeness (QED) is 0.767. The van der Waals surface area contributed by atoms with Gasteiger partial charge in [0, 0.05) is 25.4 Å². The lowest BCUT2D eigenvalue weighted by Gasteiger charge is -2.26. The number of hydrogen-bond acceptors (Lipinski definition) is 4. The van der Waals surface area contributed by atoms with Crippen LogP contribution in [-0.2, 0) is 16.0 Å². The molecule has 2 aromatic rings. The Labute approximate surface area is 165 Å². The molecule has 0 bridgehead atoms. The molecule has 6 nitrogen and oxygen atoms in total. The normalized spacial score (nSPS) is 15.9. The molecule has 1 heterocycles. The number of urea groups is 1. The van der Waals surface area contributed by atoms with Crippen LogP contribution in [0, 0.1) is 6.92 Å². The maximum Gasteiger partial charge on any atom is 0.337 e. The number of rotatable bonds is 6. The van der Waals surface area contributed by atoms with E-state index in [4.69, 9.17) is 9.47 Å². The molecule has 2 aromatic carbocycles. The Morgan fingerprint density at radius 2 is 2.00 bits per heavy atom. The van der Waals surface area contributed by atoms with Crippen LogP contribution in [0.3, 0.4) is 0 Å². The zero-order valence-corrected chi connectivity index (χ0v) is 16.3. The summed E-state index contributed by atoms with van der Waals surface area (Å²) in [6.45, 7) is 3.65. The number of carbonyl (C=O) groups is 2. The number of hydrogen-bond donors (Lipinski definition) is 1. The summed E-state index contributed by atoms with van der Waals surface area (Å²) in [4.78, 5) is 26.4. The number of anilines is 1. The Hall–Kier alpha value is -2.86. The van der Waals surface area contributed by atoms with Crippen molar-refractivity contribution in [2.45, 2.75) is 32.4 Å². The Bertz CT molecular complexity index is 817. The number of ether oxygens (including phenoxy) is 2. The van der Waals surface area contributed by atoms with Crippen molar-refractivity contribution in [2.24, 2.45) is 0 Å². The Kier molecular flexibility index (Phi) is 6.66. The summed E-state index contributed by atoms with van der Waals surface area (Å²) in [6.07, 6.45) is 2.06. The fraction of sp³-hybridized carbons (Fsp3) is 0.364. The second kappa shape index (κ2) is 9.37. The average molecular weight is 382 g/mol. The minimum atomic E-state index is -0.398. The van der Waals surface area contributed by atoms with Gasteiger partial charge in [0.05, 0.1) is 18.8 Å². The van der Waals surface area contributed by atoms with Crippen molar-refractivity contribution in [2.75, 3.05) is 25.6 Å². The number of benzene rings is 2. The van der Waals surface area contributed by atoms with Crippen molar-refractivity contribution in [3.63, 3.8) is 0 Å². The molecule has 6 heteroatoms. The maximum absolute atomic E-state index is 13.0. The highest BCUT2D eigenvalue weighted by molar-refractivity contribution is 5.93. The zero-order chi connectivity index (χ0) is 19.9. The first kappa shape index (κ1) is 19.9. The molecule has 0 spiro atoms. The topological polar surface area (TPSA) is 67.9 Å². The lowest BCUT2D eigenvalue weighted by molar-refractivity contribution is 0.0600. The molecular weight excluding hydrogens is 356 g/mol. The maximum atomic E-state index is 13.0. The van der Waals surface area contributed by atoms with Gasteiger partial charge in [0.2, 0.25) is 0 Å². The molecule has 0 unspecified atom stereocenters. The van der Waals surface area contributed by atoms with Crippen molar-refractivity contribution < 1.29 is 19.1 Å². The van der Waals surface area contributed by atoms with Crippen LogP contribution in [0.4, 0.5) is 10.5 Å². The molecule has 1 saturated heterocycles. The largest absolute Gasteiger partial charge is 0.465 e. The summed E-state index contributed by atoms with van der Waals surface area (Å²) in [7, 11) is 1.35. The van der Waals surface area contributed by atoms with Gasteiger partial charge in [0.1, 0.15) is 0 Å². The molecule has 0 saturated carbocycles. The molecule has 28 heavy (non-hydrogen) atoms. The van der Waals surface area contributed by atoms with Crippen LogP contribution in [0.15, 0.2) is 48.5 Å². The second-order valence-electron chi connectivity index (χ2n) is 6.95. The highest BCUT2D eigenvalue weighted by Gasteiger charge is 2.23. The first-order valence-corrected chi connectivity index (χ1v) is 9.47. The van der Waals surface area contributed by atoms with Crippen LogP contribution in [0.25, 0.3) is 0 Å². The van der Waals surface area contributed by atoms with Crippen molar-refractivity contribution >= 4 is 17.7 Å². The van der Waals surface area contributed by atoms with Crippen LogP contribution in [-0.4, -0.2) is 43.3 Å². The van der Waals surface area contributed by atoms with Gasteiger partial charge in [-0.05, 0) is 49.1 Å². The molecular formula is C22H26N2O4. The molecule has 1 N–H and O–H groups in total. The van der Waals surface area contributed by atoms with Crippen molar-refractivity contribution in [3.8, 4) is 0 Å². The average Bonchev–Trinajstić information content (AvgIpc) is 3.22. The zero-order valence-electron chi connectivity index (χ0n) is 16.3. The smallest absolute Gasteiger partial charge is 0.337 e. The minimum Gasteiger partial charge on any atom is -0.465 e. The predicted octanol–water partition coefficient (Wildman–Crippen LogP) is 3.99. The molecule has 0 aromatic heterocycles. The number of aryl methyl sites for hydroxylation is 1. The Morgan fingerprint density at radius 3 is 2.64 bits per heavy atom. The molecule has 1 atom stereocenters. The van der Waals surface area contributed by atoms with Crippen LogP contribution >= 0.6 is 0 Å². The number of esters is 1. The van der Waals surface area contributed by atoms with Gasteiger partial charge in [-0.15, -0.1) is 0 Å². The van der Waals surface area contributed by atoms with E-state index in [1.807, 2.05) is 37.3 Å². The molecule has 1 fully saturated rings. The summed E-state index contributed by atoms with van der Waals surface area (Å²) in [5.41, 5.74) is 2.99. The molecule has 2 amide bonds. The summed E-state index contributed by atoms with van der Waals surface area (Å²) < 4.78 is 10.5. The summed E-state index contributed by atoms with van der Waals surface area (Å²) in [5, 5.41) is 2.97. The van der Waals surface area contributed by atoms with E-state index in [-0.39, 0.29) is 12.1 Å². The highest BCUT2D eigenvalue weighted by atomic mass is 16.5. The van der Waals surface area contributed by atoms with E-state index in [9.17, 15) is 9.59 Å². The van der Waals surface area contributed by atoms with Gasteiger partial charge in [-0.25, -0.2) is 9.59 Å². The molecule has 3 rings (SSSR count). The summed E-state index contributed by atoms with van der Waals surface area (Å²) >= 11 is 0. The minimum absolute atomic E-state index is 0.0669. The Balaban J connectivity index is 1.73. The first-order chi connectivity index (χ1) is 13.6. The fourth-order valence-electron chi connectivity index (χ4n) is 3.30. The monoisotopic (exact) mass is 382 g/mol. The van der Waals surface area contributed by atoms with E-state index in [0.29, 0.717) is 24.3 Å². The summed E-state index contributed by atoms with van der Waals surface area (Å²) in [5.74, 6) is -0.398. The van der Waals surface area contributed by atoms with Gasteiger partial charge in [-0.1, -0.05) is 30.3 Å². The van der Waals surface area contributed by atoms with Gasteiger partial charge in [-0.3, -0.25) is 0 Å². The van der Waals surface area contributed by atoms with Gasteiger partial charge in [0.15, 0.2) is 0 Å². The number of nitrogens with zero attached hydrogens (tertiary/aromatic N) is 1. The fourth-order valence-corrected chi connectivity index (χ4v) is 3.30. The predicted molar refractivity (Wildman–Crippen MR) is 107 cm³/mol. The lowest BCUT2D eigenvalue weighted by atomic mass is 10.1. The molecule has 0 aliphatic carbocycles. The van der Waals surface area contributed by atoms with Crippen LogP contribution in [0.2, 0.25) is 0 Å². The van der Waals surface area contributed by atoms with E-state index in [1.165, 1.54) is 7.11 Å². The van der Waals surface area contributed by atoms with E-state index in [1.54, 1.807) is 23.1 Å². The first-order valence-electron chi connectivity index (χ1n) is 9.47. The lowest BCUT2D eigenvalue weighted by Crippen LogP contribution is -2.39. The summed E-state index contributed by atoms with van der Waals surface area (Å²) in [6, 6.07) is 14.8. The van der Waals surface area contributed by atoms with Gasteiger partial charge < -0.3 is 19.7 Å². The van der Waals surface area contributed by atoms with Gasteiger partial charge in [-0.2, -0.15) is 0 Å². The number of amides is 2. The Morgan fingerprint density at radius 1 is 1.21 bits per heavy atom. The number of nitrogens with one attached hydrogen (secondary N) is 1.